The van der Waals surface area contributed by atoms with Crippen LogP contribution in [-0.4, -0.2) is 144 Å². The molecule has 0 heterocycles. The zero-order valence-electron chi connectivity index (χ0n) is 44.1. The van der Waals surface area contributed by atoms with Crippen molar-refractivity contribution in [2.24, 2.45) is 94.3 Å². The van der Waals surface area contributed by atoms with E-state index >= 15 is 0 Å². The van der Waals surface area contributed by atoms with Crippen molar-refractivity contribution < 1.29 is 53.8 Å². The van der Waals surface area contributed by atoms with Crippen LogP contribution < -0.4 is 22.1 Å². The lowest BCUT2D eigenvalue weighted by Gasteiger charge is -2.44. The number of rotatable bonds is 41. The fourth-order valence-corrected chi connectivity index (χ4v) is 12.4. The van der Waals surface area contributed by atoms with Crippen LogP contribution in [0.5, 0.6) is 0 Å². The van der Waals surface area contributed by atoms with Gasteiger partial charge in [0.1, 0.15) is 18.9 Å². The minimum absolute atomic E-state index is 0.0374. The Morgan fingerprint density at radius 3 is 1.77 bits per heavy atom. The molecule has 3 rings (SSSR count). The molecule has 10 N–H and O–H groups in total. The van der Waals surface area contributed by atoms with E-state index in [1.807, 2.05) is 20.8 Å². The predicted octanol–water partition coefficient (Wildman–Crippen LogP) is 5.28. The number of nitrogens with two attached hydrogens (primary N) is 2. The number of carbonyl (C=O) groups excluding carboxylic acids is 3. The van der Waals surface area contributed by atoms with E-state index in [-0.39, 0.29) is 41.4 Å². The second kappa shape index (κ2) is 37.1. The highest BCUT2D eigenvalue weighted by Crippen LogP contribution is 2.50. The van der Waals surface area contributed by atoms with E-state index in [9.17, 15) is 34.8 Å². The van der Waals surface area contributed by atoms with Gasteiger partial charge in [-0.1, -0.05) is 39.3 Å². The van der Waals surface area contributed by atoms with Gasteiger partial charge in [0.25, 0.3) is 0 Å². The Bertz CT molecular complexity index is 1390. The van der Waals surface area contributed by atoms with Crippen LogP contribution in [0, 0.1) is 82.9 Å². The molecule has 15 nitrogen and oxygen atoms in total. The first-order valence-electron chi connectivity index (χ1n) is 27.7. The monoisotopic (exact) mass is 995 g/mol. The maximum atomic E-state index is 12.9. The van der Waals surface area contributed by atoms with Crippen molar-refractivity contribution >= 4 is 18.9 Å². The average Bonchev–Trinajstić information content (AvgIpc) is 3.34. The number of nitrogens with one attached hydrogen (secondary N) is 2. The number of aliphatic hydroxyl groups is 4. The van der Waals surface area contributed by atoms with Crippen molar-refractivity contribution in [3.05, 3.63) is 11.6 Å². The molecule has 0 amide bonds. The quantitative estimate of drug-likeness (QED) is 0.0168. The van der Waals surface area contributed by atoms with Gasteiger partial charge in [-0.05, 0) is 169 Å². The molecular formula is C55H102N4O11. The molecule has 0 bridgehead atoms. The van der Waals surface area contributed by atoms with E-state index < -0.39 is 18.5 Å². The summed E-state index contributed by atoms with van der Waals surface area (Å²) in [7, 11) is 0. The highest BCUT2D eigenvalue weighted by molar-refractivity contribution is 5.53. The fourth-order valence-electron chi connectivity index (χ4n) is 12.4. The molecule has 0 aromatic carbocycles. The molecule has 0 aromatic rings. The van der Waals surface area contributed by atoms with Gasteiger partial charge in [0.15, 0.2) is 12.6 Å². The summed E-state index contributed by atoms with van der Waals surface area (Å²) in [5.41, 5.74) is 12.5. The maximum Gasteiger partial charge on any atom is 0.154 e. The second-order valence-corrected chi connectivity index (χ2v) is 22.2. The zero-order chi connectivity index (χ0) is 51.1. The Balaban J connectivity index is 1.67. The third-order valence-electron chi connectivity index (χ3n) is 16.2. The van der Waals surface area contributed by atoms with Crippen molar-refractivity contribution in [1.82, 2.24) is 10.6 Å². The van der Waals surface area contributed by atoms with Crippen molar-refractivity contribution in [2.45, 2.75) is 143 Å². The van der Waals surface area contributed by atoms with E-state index in [4.69, 9.17) is 30.4 Å². The summed E-state index contributed by atoms with van der Waals surface area (Å²) in [6.07, 6.45) is 17.4. The van der Waals surface area contributed by atoms with Gasteiger partial charge in [0.2, 0.25) is 0 Å². The molecule has 408 valence electrons. The zero-order valence-corrected chi connectivity index (χ0v) is 44.1. The number of allylic oxidation sites excluding steroid dienone is 2. The number of fused-ring (bicyclic) bond motifs is 2. The van der Waals surface area contributed by atoms with Gasteiger partial charge in [-0.25, -0.2) is 0 Å². The fraction of sp³-hybridized carbons (Fsp3) is 0.909. The summed E-state index contributed by atoms with van der Waals surface area (Å²) in [5.74, 6) is 2.15. The van der Waals surface area contributed by atoms with E-state index in [0.29, 0.717) is 140 Å². The summed E-state index contributed by atoms with van der Waals surface area (Å²) >= 11 is 0. The molecule has 70 heavy (non-hydrogen) atoms. The SMILES string of the molecule is CC(C=O)CC(CC(C)C(O)O)[C@@H]1CCC2CCC3=C[C@H](C(CC(C)C=O)CC(CC(C=O)C[C@@H](CNCCOCCOCCN)CC(C)CNCCOCCOCCN)C(O)O)CC[C@@H]3CC[C@@H]2C1. The Labute approximate surface area is 423 Å². The minimum atomic E-state index is -1.58. The van der Waals surface area contributed by atoms with Crippen LogP contribution in [0.15, 0.2) is 11.6 Å². The van der Waals surface area contributed by atoms with Gasteiger partial charge < -0.3 is 75.9 Å². The van der Waals surface area contributed by atoms with Gasteiger partial charge in [-0.3, -0.25) is 0 Å². The molecule has 15 heteroatoms. The lowest BCUT2D eigenvalue weighted by Crippen LogP contribution is -2.34. The summed E-state index contributed by atoms with van der Waals surface area (Å²) in [6, 6.07) is 0. The van der Waals surface area contributed by atoms with Crippen LogP contribution in [0.1, 0.15) is 130 Å². The maximum absolute atomic E-state index is 12.9. The lowest BCUT2D eigenvalue weighted by molar-refractivity contribution is -0.117. The van der Waals surface area contributed by atoms with Crippen LogP contribution in [0.3, 0.4) is 0 Å². The third kappa shape index (κ3) is 25.0. The van der Waals surface area contributed by atoms with Gasteiger partial charge in [0, 0.05) is 55.8 Å². The van der Waals surface area contributed by atoms with E-state index in [0.717, 1.165) is 96.2 Å². The molecule has 0 aromatic heterocycles. The number of hydrogen-bond donors (Lipinski definition) is 8. The topological polar surface area (TPSA) is 245 Å². The van der Waals surface area contributed by atoms with Crippen molar-refractivity contribution in [3.63, 3.8) is 0 Å². The van der Waals surface area contributed by atoms with Crippen molar-refractivity contribution in [1.29, 1.82) is 0 Å². The highest BCUT2D eigenvalue weighted by atomic mass is 16.5. The summed E-state index contributed by atoms with van der Waals surface area (Å²) in [4.78, 5) is 36.8. The Morgan fingerprint density at radius 1 is 0.600 bits per heavy atom. The summed E-state index contributed by atoms with van der Waals surface area (Å²) < 4.78 is 22.2. The average molecular weight is 995 g/mol. The van der Waals surface area contributed by atoms with Crippen LogP contribution in [0.2, 0.25) is 0 Å². The Hall–Kier alpha value is -1.73. The van der Waals surface area contributed by atoms with Gasteiger partial charge >= 0.3 is 0 Å². The number of carbonyl (C=O) groups is 3. The number of aldehydes is 3. The molecule has 2 saturated carbocycles. The molecular weight excluding hydrogens is 893 g/mol. The molecule has 3 aliphatic rings. The molecule has 0 spiro atoms. The molecule has 0 saturated heterocycles. The third-order valence-corrected chi connectivity index (χ3v) is 16.2. The Kier molecular flexibility index (Phi) is 33.1. The lowest BCUT2D eigenvalue weighted by atomic mass is 9.62. The molecule has 0 aliphatic heterocycles. The minimum Gasteiger partial charge on any atom is -0.378 e. The number of hydrogen-bond acceptors (Lipinski definition) is 15. The van der Waals surface area contributed by atoms with Crippen LogP contribution in [-0.2, 0) is 33.3 Å². The smallest absolute Gasteiger partial charge is 0.154 e. The molecule has 3 aliphatic carbocycles. The Morgan fingerprint density at radius 2 is 1.19 bits per heavy atom. The molecule has 14 atom stereocenters. The molecule has 9 unspecified atom stereocenters. The first kappa shape index (κ1) is 62.6. The first-order valence-corrected chi connectivity index (χ1v) is 27.7. The van der Waals surface area contributed by atoms with Crippen LogP contribution in [0.4, 0.5) is 0 Å². The molecule has 0 radical (unpaired) electrons. The van der Waals surface area contributed by atoms with E-state index in [1.165, 1.54) is 12.8 Å². The normalized spacial score (nSPS) is 24.7. The summed E-state index contributed by atoms with van der Waals surface area (Å²) in [6.45, 7) is 16.1. The van der Waals surface area contributed by atoms with Crippen LogP contribution >= 0.6 is 0 Å². The largest absolute Gasteiger partial charge is 0.378 e. The van der Waals surface area contributed by atoms with E-state index in [1.54, 1.807) is 5.57 Å². The van der Waals surface area contributed by atoms with E-state index in [2.05, 4.69) is 23.6 Å². The summed E-state index contributed by atoms with van der Waals surface area (Å²) in [5, 5.41) is 48.8. The van der Waals surface area contributed by atoms with Crippen molar-refractivity contribution in [2.75, 3.05) is 92.1 Å². The van der Waals surface area contributed by atoms with Crippen molar-refractivity contribution in [3.8, 4) is 0 Å². The number of aliphatic hydroxyl groups excluding tert-OH is 2. The highest BCUT2D eigenvalue weighted by Gasteiger charge is 2.39. The standard InChI is InChI=1S/C55H102N4O11/c1-39(34-58-15-19-69-23-21-67-17-13-56)25-43(35-59-16-20-70-24-22-68-18-14-57)29-44(38-62)30-53(55(65)66)33-52(27-41(3)37-61)50-12-8-46-5-9-47-31-49(11-7-45(47)6-10-48(46)32-50)51(26-40(2)36-60)28-42(4)54(63)64/h32,36-47,49-55,58-59,63-66H,5-31,33-35,56-57H2,1-4H3/t39?,40?,41?,42?,43-,44?,45?,46-,47+,49+,50+,51?,52?,53?/m0/s1. The molecule has 2 fully saturated rings. The van der Waals surface area contributed by atoms with Gasteiger partial charge in [0.05, 0.1) is 52.9 Å². The van der Waals surface area contributed by atoms with Crippen LogP contribution in [0.25, 0.3) is 0 Å². The first-order chi connectivity index (χ1) is 33.8. The second-order valence-electron chi connectivity index (χ2n) is 22.2. The van der Waals surface area contributed by atoms with Gasteiger partial charge in [-0.2, -0.15) is 0 Å². The van der Waals surface area contributed by atoms with Gasteiger partial charge in [-0.15, -0.1) is 0 Å². The number of ether oxygens (including phenoxy) is 4. The predicted molar refractivity (Wildman–Crippen MR) is 275 cm³/mol.